The lowest BCUT2D eigenvalue weighted by Crippen LogP contribution is -2.30. The fraction of sp³-hybridized carbons (Fsp3) is 0.760. The standard InChI is InChI=1S/C75H132O17P2/c1-5-9-13-17-21-25-29-31-33-34-36-38-42-44-48-52-56-60-73(78)86-66-71(92-75(80)62-58-54-50-46-40-28-24-20-16-12-8-4)68-90-94(83,84)88-64-69(76)63-87-93(81,82)89-67-70(91-74(79)61-57-53-49-45-39-27-23-19-15-11-7-3)65-85-72(77)59-55-51-47-43-41-37-35-32-30-26-22-18-14-10-6-2/h9,13,21-22,25-26,31-33,35-36,38,44,48,69-71,76H,5-8,10-12,14-20,23-24,27-30,34,37,39-43,45-47,49-68H2,1-4H3,(H,81,82)(H,83,84)/b13-9-,25-21-,26-22-,33-31-,35-32-,38-36-,48-44-. The van der Waals surface area contributed by atoms with Crippen molar-refractivity contribution in [3.63, 3.8) is 0 Å². The van der Waals surface area contributed by atoms with Gasteiger partial charge < -0.3 is 33.8 Å². The van der Waals surface area contributed by atoms with E-state index in [0.29, 0.717) is 32.1 Å². The van der Waals surface area contributed by atoms with Crippen molar-refractivity contribution in [2.45, 2.75) is 329 Å². The number of phosphoric acid groups is 2. The normalized spacial score (nSPS) is 14.5. The highest BCUT2D eigenvalue weighted by molar-refractivity contribution is 7.47. The maximum atomic E-state index is 13.0. The van der Waals surface area contributed by atoms with Crippen molar-refractivity contribution < 1.29 is 80.2 Å². The van der Waals surface area contributed by atoms with Crippen molar-refractivity contribution in [3.8, 4) is 0 Å². The number of phosphoric ester groups is 2. The van der Waals surface area contributed by atoms with Crippen LogP contribution in [0.2, 0.25) is 0 Å². The van der Waals surface area contributed by atoms with Gasteiger partial charge in [0.05, 0.1) is 26.4 Å². The van der Waals surface area contributed by atoms with Gasteiger partial charge in [0.25, 0.3) is 0 Å². The second kappa shape index (κ2) is 67.8. The van der Waals surface area contributed by atoms with Gasteiger partial charge >= 0.3 is 39.5 Å². The molecule has 3 N–H and O–H groups in total. The molecule has 0 heterocycles. The van der Waals surface area contributed by atoms with E-state index in [1.165, 1.54) is 96.3 Å². The highest BCUT2D eigenvalue weighted by atomic mass is 31.2. The van der Waals surface area contributed by atoms with Crippen LogP contribution in [0.25, 0.3) is 0 Å². The van der Waals surface area contributed by atoms with Crippen LogP contribution < -0.4 is 0 Å². The van der Waals surface area contributed by atoms with Crippen LogP contribution in [0.15, 0.2) is 85.1 Å². The summed E-state index contributed by atoms with van der Waals surface area (Å²) in [5.74, 6) is -2.24. The largest absolute Gasteiger partial charge is 0.472 e. The highest BCUT2D eigenvalue weighted by Gasteiger charge is 2.30. The number of allylic oxidation sites excluding steroid dienone is 14. The van der Waals surface area contributed by atoms with Gasteiger partial charge in [0.2, 0.25) is 0 Å². The summed E-state index contributed by atoms with van der Waals surface area (Å²) in [4.78, 5) is 72.6. The van der Waals surface area contributed by atoms with Crippen LogP contribution in [0.5, 0.6) is 0 Å². The summed E-state index contributed by atoms with van der Waals surface area (Å²) < 4.78 is 68.2. The maximum Gasteiger partial charge on any atom is 0.472 e. The Labute approximate surface area is 570 Å². The first-order chi connectivity index (χ1) is 45.7. The maximum absolute atomic E-state index is 13.0. The van der Waals surface area contributed by atoms with Crippen LogP contribution in [-0.2, 0) is 65.4 Å². The van der Waals surface area contributed by atoms with E-state index in [0.717, 1.165) is 128 Å². The highest BCUT2D eigenvalue weighted by Crippen LogP contribution is 2.45. The van der Waals surface area contributed by atoms with Crippen LogP contribution >= 0.6 is 15.6 Å². The van der Waals surface area contributed by atoms with Gasteiger partial charge in [-0.25, -0.2) is 9.13 Å². The van der Waals surface area contributed by atoms with E-state index in [1.807, 2.05) is 12.2 Å². The van der Waals surface area contributed by atoms with E-state index in [9.17, 15) is 43.2 Å². The minimum atomic E-state index is -4.98. The molecule has 0 amide bonds. The molecule has 0 bridgehead atoms. The zero-order valence-corrected chi connectivity index (χ0v) is 60.9. The lowest BCUT2D eigenvalue weighted by atomic mass is 10.1. The molecule has 0 aliphatic heterocycles. The quantitative estimate of drug-likeness (QED) is 0.0169. The summed E-state index contributed by atoms with van der Waals surface area (Å²) in [6.07, 6.45) is 67.4. The number of rotatable bonds is 69. The third-order valence-electron chi connectivity index (χ3n) is 15.4. The lowest BCUT2D eigenvalue weighted by Gasteiger charge is -2.21. The van der Waals surface area contributed by atoms with Gasteiger partial charge in [-0.05, 0) is 96.3 Å². The molecule has 0 aliphatic carbocycles. The topological polar surface area (TPSA) is 237 Å². The van der Waals surface area contributed by atoms with Gasteiger partial charge in [-0.2, -0.15) is 0 Å². The molecule has 0 saturated heterocycles. The Morgan fingerprint density at radius 1 is 0.309 bits per heavy atom. The average molecular weight is 1370 g/mol. The fourth-order valence-electron chi connectivity index (χ4n) is 9.76. The molecular weight excluding hydrogens is 1230 g/mol. The Morgan fingerprint density at radius 2 is 0.564 bits per heavy atom. The van der Waals surface area contributed by atoms with Crippen molar-refractivity contribution in [2.24, 2.45) is 0 Å². The fourth-order valence-corrected chi connectivity index (χ4v) is 11.3. The molecule has 0 aromatic heterocycles. The predicted molar refractivity (Wildman–Crippen MR) is 381 cm³/mol. The van der Waals surface area contributed by atoms with E-state index >= 15 is 0 Å². The number of carbonyl (C=O) groups is 4. The zero-order chi connectivity index (χ0) is 69.0. The molecule has 0 spiro atoms. The van der Waals surface area contributed by atoms with Crippen LogP contribution in [0.1, 0.15) is 310 Å². The Morgan fingerprint density at radius 3 is 0.915 bits per heavy atom. The molecule has 0 aliphatic rings. The van der Waals surface area contributed by atoms with Gasteiger partial charge in [0.15, 0.2) is 12.2 Å². The lowest BCUT2D eigenvalue weighted by molar-refractivity contribution is -0.161. The van der Waals surface area contributed by atoms with Gasteiger partial charge in [-0.3, -0.25) is 37.3 Å². The molecule has 544 valence electrons. The third-order valence-corrected chi connectivity index (χ3v) is 17.3. The number of hydrogen-bond acceptors (Lipinski definition) is 15. The molecule has 0 radical (unpaired) electrons. The minimum Gasteiger partial charge on any atom is -0.462 e. The first kappa shape index (κ1) is 90.2. The second-order valence-electron chi connectivity index (χ2n) is 24.5. The van der Waals surface area contributed by atoms with Gasteiger partial charge in [0, 0.05) is 25.7 Å². The molecule has 0 fully saturated rings. The van der Waals surface area contributed by atoms with E-state index in [1.54, 1.807) is 0 Å². The van der Waals surface area contributed by atoms with Crippen LogP contribution in [0.3, 0.4) is 0 Å². The summed E-state index contributed by atoms with van der Waals surface area (Å²) in [5, 5.41) is 10.6. The first-order valence-electron chi connectivity index (χ1n) is 36.8. The van der Waals surface area contributed by atoms with E-state index < -0.39 is 97.5 Å². The molecule has 0 aromatic rings. The summed E-state index contributed by atoms with van der Waals surface area (Å²) in [6.45, 7) is 4.65. The van der Waals surface area contributed by atoms with Crippen molar-refractivity contribution in [1.82, 2.24) is 0 Å². The molecule has 5 atom stereocenters. The van der Waals surface area contributed by atoms with Crippen molar-refractivity contribution in [2.75, 3.05) is 39.6 Å². The third kappa shape index (κ3) is 66.8. The number of esters is 4. The van der Waals surface area contributed by atoms with Crippen molar-refractivity contribution in [1.29, 1.82) is 0 Å². The van der Waals surface area contributed by atoms with Gasteiger partial charge in [0.1, 0.15) is 19.3 Å². The zero-order valence-electron chi connectivity index (χ0n) is 59.1. The smallest absolute Gasteiger partial charge is 0.462 e. The Hall–Kier alpha value is -3.76. The van der Waals surface area contributed by atoms with Crippen molar-refractivity contribution >= 4 is 39.5 Å². The molecule has 0 aromatic carbocycles. The predicted octanol–water partition coefficient (Wildman–Crippen LogP) is 20.7. The molecule has 94 heavy (non-hydrogen) atoms. The summed E-state index contributed by atoms with van der Waals surface area (Å²) >= 11 is 0. The van der Waals surface area contributed by atoms with Gasteiger partial charge in [-0.1, -0.05) is 273 Å². The molecule has 5 unspecified atom stereocenters. The molecule has 0 saturated carbocycles. The summed E-state index contributed by atoms with van der Waals surface area (Å²) in [5.41, 5.74) is 0. The molecule has 19 heteroatoms. The Kier molecular flexibility index (Phi) is 65.1. The van der Waals surface area contributed by atoms with E-state index in [-0.39, 0.29) is 25.7 Å². The number of aliphatic hydroxyl groups is 1. The Bertz CT molecular complexity index is 2120. The molecule has 17 nitrogen and oxygen atoms in total. The number of unbranched alkanes of at least 4 members (excludes halogenated alkanes) is 29. The summed E-state index contributed by atoms with van der Waals surface area (Å²) in [7, 11) is -9.94. The van der Waals surface area contributed by atoms with E-state index in [4.69, 9.17) is 37.0 Å². The average Bonchev–Trinajstić information content (AvgIpc) is 1.32. The van der Waals surface area contributed by atoms with Crippen LogP contribution in [0.4, 0.5) is 0 Å². The number of hydrogen-bond donors (Lipinski definition) is 3. The number of aliphatic hydroxyl groups excluding tert-OH is 1. The molecular formula is C75H132O17P2. The monoisotopic (exact) mass is 1370 g/mol. The second-order valence-corrected chi connectivity index (χ2v) is 27.4. The van der Waals surface area contributed by atoms with Crippen molar-refractivity contribution in [3.05, 3.63) is 85.1 Å². The van der Waals surface area contributed by atoms with Crippen LogP contribution in [0, 0.1) is 0 Å². The minimum absolute atomic E-state index is 0.0856. The number of carbonyl (C=O) groups excluding carboxylic acids is 4. The number of ether oxygens (including phenoxy) is 4. The SMILES string of the molecule is CC/C=C\C/C=C\C/C=C\C/C=C\C/C=C\CCCC(=O)OCC(COP(=O)(O)OCC(O)COP(=O)(O)OCC(COC(=O)CCCCCCC/C=C\C/C=C\CCCCC)OC(=O)CCCCCCCCCCCCC)OC(=O)CCCCCCCCCCCCC. The molecule has 0 rings (SSSR count). The van der Waals surface area contributed by atoms with Crippen LogP contribution in [-0.4, -0.2) is 96.7 Å². The Balaban J connectivity index is 5.33. The summed E-state index contributed by atoms with van der Waals surface area (Å²) in [6, 6.07) is 0. The van der Waals surface area contributed by atoms with Gasteiger partial charge in [-0.15, -0.1) is 0 Å². The van der Waals surface area contributed by atoms with E-state index in [2.05, 4.69) is 101 Å². The first-order valence-corrected chi connectivity index (χ1v) is 39.8.